The molecule has 0 aromatic heterocycles. The molecule has 0 spiro atoms. The minimum Gasteiger partial charge on any atom is -0.374 e. The molecule has 0 atom stereocenters. The number of nitrogens with two attached hydrogens (primary N) is 2. The van der Waals surface area contributed by atoms with Gasteiger partial charge in [-0.1, -0.05) is 41.9 Å². The average molecular weight is 518 g/mol. The van der Waals surface area contributed by atoms with Crippen molar-refractivity contribution >= 4 is 61.9 Å². The molecule has 0 aliphatic carbocycles. The molecule has 1 aliphatic rings. The Morgan fingerprint density at radius 2 is 1.76 bits per heavy atom. The first kappa shape index (κ1) is 23.8. The summed E-state index contributed by atoms with van der Waals surface area (Å²) in [4.78, 5) is 14.7. The first-order chi connectivity index (χ1) is 16.1. The number of carbonyl (C=O) groups is 1. The van der Waals surface area contributed by atoms with Gasteiger partial charge in [-0.15, -0.1) is 0 Å². The summed E-state index contributed by atoms with van der Waals surface area (Å²) < 4.78 is 37.4. The summed E-state index contributed by atoms with van der Waals surface area (Å²) in [6.45, 7) is 0.198. The van der Waals surface area contributed by atoms with Crippen LogP contribution in [-0.4, -0.2) is 25.1 Å². The number of nitrogens with zero attached hydrogens (tertiary/aromatic N) is 3. The van der Waals surface area contributed by atoms with Crippen molar-refractivity contribution in [1.82, 2.24) is 0 Å². The first-order valence-corrected chi connectivity index (χ1v) is 12.1. The zero-order chi connectivity index (χ0) is 24.6. The van der Waals surface area contributed by atoms with E-state index < -0.39 is 21.7 Å². The number of sulfonamides is 1. The molecule has 12 heteroatoms. The number of halogens is 2. The third kappa shape index (κ3) is 4.64. The maximum atomic E-state index is 14.4. The second-order valence-electron chi connectivity index (χ2n) is 7.30. The van der Waals surface area contributed by atoms with Crippen LogP contribution >= 0.6 is 23.8 Å². The Bertz CT molecular complexity index is 1430. The van der Waals surface area contributed by atoms with Crippen LogP contribution in [0.2, 0.25) is 5.02 Å². The maximum absolute atomic E-state index is 14.4. The Hall–Kier alpha value is -3.38. The fraction of sp³-hybridized carbons (Fsp3) is 0.0455. The molecule has 4 rings (SSSR count). The van der Waals surface area contributed by atoms with E-state index in [1.165, 1.54) is 35.2 Å². The molecule has 0 unspecified atom stereocenters. The van der Waals surface area contributed by atoms with Crippen molar-refractivity contribution in [2.24, 2.45) is 16.0 Å². The van der Waals surface area contributed by atoms with Gasteiger partial charge in [0.05, 0.1) is 27.8 Å². The van der Waals surface area contributed by atoms with Gasteiger partial charge in [-0.3, -0.25) is 4.79 Å². The van der Waals surface area contributed by atoms with E-state index in [2.05, 4.69) is 5.10 Å². The third-order valence-electron chi connectivity index (χ3n) is 5.03. The van der Waals surface area contributed by atoms with Gasteiger partial charge < -0.3 is 10.6 Å². The Kier molecular flexibility index (Phi) is 6.36. The highest BCUT2D eigenvalue weighted by Crippen LogP contribution is 2.35. The smallest absolute Gasteiger partial charge is 0.279 e. The lowest BCUT2D eigenvalue weighted by atomic mass is 10.1. The SMILES string of the molecule is NC(=S)N(/N=C1\C(=O)N(Cc2ccccc2)c2cc(Cl)c(F)cc21)c1ccc(S(N)(=O)=O)cc1. The zero-order valence-corrected chi connectivity index (χ0v) is 19.7. The van der Waals surface area contributed by atoms with E-state index in [0.29, 0.717) is 5.69 Å². The molecule has 0 radical (unpaired) electrons. The van der Waals surface area contributed by atoms with Gasteiger partial charge >= 0.3 is 0 Å². The quantitative estimate of drug-likeness (QED) is 0.396. The Morgan fingerprint density at radius 1 is 1.12 bits per heavy atom. The minimum atomic E-state index is -3.92. The van der Waals surface area contributed by atoms with E-state index in [1.54, 1.807) is 0 Å². The Labute approximate surface area is 205 Å². The molecule has 3 aromatic rings. The highest BCUT2D eigenvalue weighted by atomic mass is 35.5. The summed E-state index contributed by atoms with van der Waals surface area (Å²) in [7, 11) is -3.92. The molecule has 0 saturated carbocycles. The van der Waals surface area contributed by atoms with Gasteiger partial charge in [0.1, 0.15) is 5.82 Å². The number of carbonyl (C=O) groups excluding carboxylic acids is 1. The van der Waals surface area contributed by atoms with Crippen molar-refractivity contribution in [2.45, 2.75) is 11.4 Å². The molecule has 8 nitrogen and oxygen atoms in total. The van der Waals surface area contributed by atoms with E-state index >= 15 is 0 Å². The largest absolute Gasteiger partial charge is 0.374 e. The van der Waals surface area contributed by atoms with Crippen LogP contribution < -0.4 is 20.8 Å². The lowest BCUT2D eigenvalue weighted by Gasteiger charge is -2.19. The number of rotatable bonds is 5. The van der Waals surface area contributed by atoms with Crippen LogP contribution in [0.3, 0.4) is 0 Å². The normalized spacial score (nSPS) is 14.4. The number of fused-ring (bicyclic) bond motifs is 1. The molecule has 174 valence electrons. The molecule has 0 saturated heterocycles. The summed E-state index contributed by atoms with van der Waals surface area (Å²) in [6.07, 6.45) is 0. The summed E-state index contributed by atoms with van der Waals surface area (Å²) in [6, 6.07) is 17.0. The number of amides is 1. The highest BCUT2D eigenvalue weighted by molar-refractivity contribution is 7.89. The number of hydrazone groups is 1. The van der Waals surface area contributed by atoms with Gasteiger partial charge in [-0.2, -0.15) is 5.10 Å². The van der Waals surface area contributed by atoms with Crippen molar-refractivity contribution in [1.29, 1.82) is 0 Å². The summed E-state index contributed by atoms with van der Waals surface area (Å²) >= 11 is 11.1. The van der Waals surface area contributed by atoms with Crippen molar-refractivity contribution in [3.63, 3.8) is 0 Å². The molecule has 4 N–H and O–H groups in total. The number of thiocarbonyl (C=S) groups is 1. The zero-order valence-electron chi connectivity index (χ0n) is 17.4. The lowest BCUT2D eigenvalue weighted by molar-refractivity contribution is -0.112. The van der Waals surface area contributed by atoms with Crippen LogP contribution in [0.4, 0.5) is 15.8 Å². The van der Waals surface area contributed by atoms with Gasteiger partial charge in [0.2, 0.25) is 10.0 Å². The van der Waals surface area contributed by atoms with Crippen LogP contribution in [0.5, 0.6) is 0 Å². The molecule has 3 aromatic carbocycles. The van der Waals surface area contributed by atoms with Crippen molar-refractivity contribution < 1.29 is 17.6 Å². The monoisotopic (exact) mass is 517 g/mol. The van der Waals surface area contributed by atoms with E-state index in [-0.39, 0.29) is 38.5 Å². The van der Waals surface area contributed by atoms with Crippen LogP contribution in [0.1, 0.15) is 11.1 Å². The van der Waals surface area contributed by atoms with Crippen LogP contribution in [0.15, 0.2) is 76.7 Å². The third-order valence-corrected chi connectivity index (χ3v) is 6.43. The van der Waals surface area contributed by atoms with E-state index in [4.69, 9.17) is 34.7 Å². The van der Waals surface area contributed by atoms with E-state index in [1.807, 2.05) is 30.3 Å². The van der Waals surface area contributed by atoms with Crippen molar-refractivity contribution in [3.05, 3.63) is 88.7 Å². The number of primary sulfonamides is 1. The molecule has 1 amide bonds. The molecule has 34 heavy (non-hydrogen) atoms. The van der Waals surface area contributed by atoms with Gasteiger partial charge in [0.25, 0.3) is 5.91 Å². The van der Waals surface area contributed by atoms with Gasteiger partial charge in [-0.25, -0.2) is 23.0 Å². The number of hydrogen-bond acceptors (Lipinski definition) is 5. The topological polar surface area (TPSA) is 122 Å². The Balaban J connectivity index is 1.80. The van der Waals surface area contributed by atoms with Crippen LogP contribution in [0, 0.1) is 5.82 Å². The van der Waals surface area contributed by atoms with E-state index in [0.717, 1.165) is 16.6 Å². The summed E-state index contributed by atoms with van der Waals surface area (Å²) in [5, 5.41) is 10.2. The standard InChI is InChI=1S/C22H17ClFN5O3S2/c23-17-11-19-16(10-18(17)24)20(21(30)28(19)12-13-4-2-1-3-5-13)27-29(22(25)33)14-6-8-15(9-7-14)34(26,31)32/h1-11H,12H2,(H2,25,33)(H2,26,31,32)/b27-20-. The summed E-state index contributed by atoms with van der Waals surface area (Å²) in [5.41, 5.74) is 7.44. The fourth-order valence-corrected chi connectivity index (χ4v) is 4.25. The fourth-order valence-electron chi connectivity index (χ4n) is 3.43. The number of benzene rings is 3. The van der Waals surface area contributed by atoms with E-state index in [9.17, 15) is 17.6 Å². The average Bonchev–Trinajstić information content (AvgIpc) is 3.02. The number of hydrogen-bond donors (Lipinski definition) is 2. The number of anilines is 2. The van der Waals surface area contributed by atoms with Crippen molar-refractivity contribution in [2.75, 3.05) is 9.91 Å². The molecule has 0 bridgehead atoms. The van der Waals surface area contributed by atoms with Crippen LogP contribution in [0.25, 0.3) is 0 Å². The summed E-state index contributed by atoms with van der Waals surface area (Å²) in [5.74, 6) is -1.23. The second-order valence-corrected chi connectivity index (χ2v) is 9.68. The molecular weight excluding hydrogens is 501 g/mol. The highest BCUT2D eigenvalue weighted by Gasteiger charge is 2.36. The van der Waals surface area contributed by atoms with Crippen molar-refractivity contribution in [3.8, 4) is 0 Å². The lowest BCUT2D eigenvalue weighted by Crippen LogP contribution is -2.35. The molecule has 1 heterocycles. The Morgan fingerprint density at radius 3 is 2.35 bits per heavy atom. The van der Waals surface area contributed by atoms with Gasteiger partial charge in [0, 0.05) is 5.56 Å². The molecular formula is C22H17ClFN5O3S2. The predicted molar refractivity (Wildman–Crippen MR) is 133 cm³/mol. The minimum absolute atomic E-state index is 0.107. The first-order valence-electron chi connectivity index (χ1n) is 9.72. The van der Waals surface area contributed by atoms with Gasteiger partial charge in [0.15, 0.2) is 10.8 Å². The molecule has 1 aliphatic heterocycles. The second kappa shape index (κ2) is 9.11. The predicted octanol–water partition coefficient (Wildman–Crippen LogP) is 3.13. The maximum Gasteiger partial charge on any atom is 0.279 e. The van der Waals surface area contributed by atoms with Gasteiger partial charge in [-0.05, 0) is 54.2 Å². The van der Waals surface area contributed by atoms with Crippen LogP contribution in [-0.2, 0) is 21.4 Å². The molecule has 0 fully saturated rings.